The lowest BCUT2D eigenvalue weighted by Gasteiger charge is -2.32. The van der Waals surface area contributed by atoms with Gasteiger partial charge >= 0.3 is 0 Å². The van der Waals surface area contributed by atoms with Crippen molar-refractivity contribution < 1.29 is 14.0 Å². The van der Waals surface area contributed by atoms with Crippen molar-refractivity contribution in [3.05, 3.63) is 87.4 Å². The van der Waals surface area contributed by atoms with Crippen molar-refractivity contribution in [3.8, 4) is 0 Å². The molecule has 0 radical (unpaired) electrons. The van der Waals surface area contributed by atoms with E-state index in [4.69, 9.17) is 0 Å². The van der Waals surface area contributed by atoms with Crippen LogP contribution < -0.4 is 15.5 Å². The molecule has 1 aromatic heterocycles. The van der Waals surface area contributed by atoms with Crippen molar-refractivity contribution in [1.82, 2.24) is 10.6 Å². The Morgan fingerprint density at radius 2 is 1.85 bits per heavy atom. The van der Waals surface area contributed by atoms with Crippen molar-refractivity contribution in [3.63, 3.8) is 0 Å². The smallest absolute Gasteiger partial charge is 0.251 e. The van der Waals surface area contributed by atoms with Crippen LogP contribution in [0.2, 0.25) is 0 Å². The summed E-state index contributed by atoms with van der Waals surface area (Å²) in [4.78, 5) is 28.8. The van der Waals surface area contributed by atoms with Crippen LogP contribution in [0.5, 0.6) is 0 Å². The first-order chi connectivity index (χ1) is 15.9. The van der Waals surface area contributed by atoms with Gasteiger partial charge in [0.2, 0.25) is 5.91 Å². The second kappa shape index (κ2) is 10.2. The Morgan fingerprint density at radius 3 is 2.55 bits per heavy atom. The maximum atomic E-state index is 13.4. The molecule has 1 aliphatic heterocycles. The predicted molar refractivity (Wildman–Crippen MR) is 130 cm³/mol. The van der Waals surface area contributed by atoms with Crippen molar-refractivity contribution in [2.45, 2.75) is 38.8 Å². The van der Waals surface area contributed by atoms with Crippen LogP contribution in [0.25, 0.3) is 0 Å². The van der Waals surface area contributed by atoms with E-state index in [1.807, 2.05) is 54.5 Å². The molecule has 2 heterocycles. The Balaban J connectivity index is 1.53. The number of carbonyl (C=O) groups excluding carboxylic acids is 2. The van der Waals surface area contributed by atoms with Crippen LogP contribution >= 0.6 is 11.3 Å². The minimum absolute atomic E-state index is 0.0551. The molecule has 0 fully saturated rings. The summed E-state index contributed by atoms with van der Waals surface area (Å²) < 4.78 is 13.4. The van der Waals surface area contributed by atoms with Gasteiger partial charge in [-0.1, -0.05) is 24.3 Å². The average Bonchev–Trinajstić information content (AvgIpc) is 3.32. The number of fused-ring (bicyclic) bond motifs is 1. The summed E-state index contributed by atoms with van der Waals surface area (Å²) >= 11 is 1.55. The number of benzene rings is 2. The highest BCUT2D eigenvalue weighted by atomic mass is 32.1. The molecular weight excluding hydrogens is 437 g/mol. The number of hydrogen-bond donors (Lipinski definition) is 2. The van der Waals surface area contributed by atoms with E-state index in [9.17, 15) is 14.0 Å². The zero-order valence-electron chi connectivity index (χ0n) is 18.8. The Bertz CT molecular complexity index is 1110. The molecule has 1 aliphatic rings. The number of anilines is 1. The van der Waals surface area contributed by atoms with Crippen molar-refractivity contribution in [1.29, 1.82) is 0 Å². The quantitative estimate of drug-likeness (QED) is 0.533. The molecule has 0 aliphatic carbocycles. The number of halogens is 1. The standard InChI is InChI=1S/C26H28FN3O2S/c1-17(2)28-26(32)21-6-3-8-22-20(21)7-4-14-30(22)16-24(31)29-25(23-9-5-15-33-23)18-10-12-19(27)13-11-18/h3,5-6,8-13,15,17,25H,4,7,14,16H2,1-2H3,(H,28,32)(H,29,31). The number of amides is 2. The fraction of sp³-hybridized carbons (Fsp3) is 0.308. The first kappa shape index (κ1) is 23.0. The Labute approximate surface area is 197 Å². The Kier molecular flexibility index (Phi) is 7.08. The normalized spacial score (nSPS) is 14.0. The molecule has 0 saturated heterocycles. The maximum absolute atomic E-state index is 13.4. The lowest BCUT2D eigenvalue weighted by Crippen LogP contribution is -2.41. The topological polar surface area (TPSA) is 61.4 Å². The van der Waals surface area contributed by atoms with E-state index in [2.05, 4.69) is 10.6 Å². The van der Waals surface area contributed by atoms with Gasteiger partial charge in [0.05, 0.1) is 12.6 Å². The molecule has 172 valence electrons. The fourth-order valence-corrected chi connectivity index (χ4v) is 5.03. The number of hydrogen-bond acceptors (Lipinski definition) is 4. The lowest BCUT2D eigenvalue weighted by molar-refractivity contribution is -0.120. The van der Waals surface area contributed by atoms with Crippen LogP contribution in [0.4, 0.5) is 10.1 Å². The molecule has 33 heavy (non-hydrogen) atoms. The van der Waals surface area contributed by atoms with Gasteiger partial charge in [-0.2, -0.15) is 0 Å². The monoisotopic (exact) mass is 465 g/mol. The van der Waals surface area contributed by atoms with Gasteiger partial charge < -0.3 is 15.5 Å². The predicted octanol–water partition coefficient (Wildman–Crippen LogP) is 4.68. The van der Waals surface area contributed by atoms with E-state index >= 15 is 0 Å². The molecule has 4 rings (SSSR count). The highest BCUT2D eigenvalue weighted by Crippen LogP contribution is 2.30. The van der Waals surface area contributed by atoms with Crippen LogP contribution in [0.3, 0.4) is 0 Å². The highest BCUT2D eigenvalue weighted by molar-refractivity contribution is 7.10. The fourth-order valence-electron chi connectivity index (χ4n) is 4.23. The average molecular weight is 466 g/mol. The maximum Gasteiger partial charge on any atom is 0.251 e. The number of carbonyl (C=O) groups is 2. The van der Waals surface area contributed by atoms with Crippen molar-refractivity contribution >= 4 is 28.8 Å². The molecule has 2 amide bonds. The third-order valence-electron chi connectivity index (χ3n) is 5.68. The first-order valence-corrected chi connectivity index (χ1v) is 12.1. The molecular formula is C26H28FN3O2S. The number of thiophene rings is 1. The zero-order chi connectivity index (χ0) is 23.4. The van der Waals surface area contributed by atoms with Crippen LogP contribution in [0.15, 0.2) is 60.0 Å². The SMILES string of the molecule is CC(C)NC(=O)c1cccc2c1CCCN2CC(=O)NC(c1ccc(F)cc1)c1cccs1. The second-order valence-electron chi connectivity index (χ2n) is 8.52. The van der Waals surface area contributed by atoms with E-state index in [0.29, 0.717) is 5.56 Å². The summed E-state index contributed by atoms with van der Waals surface area (Å²) in [6, 6.07) is 15.5. The van der Waals surface area contributed by atoms with E-state index in [0.717, 1.165) is 41.1 Å². The van der Waals surface area contributed by atoms with E-state index in [1.165, 1.54) is 12.1 Å². The molecule has 7 heteroatoms. The highest BCUT2D eigenvalue weighted by Gasteiger charge is 2.25. The number of nitrogens with zero attached hydrogens (tertiary/aromatic N) is 1. The van der Waals surface area contributed by atoms with E-state index < -0.39 is 0 Å². The lowest BCUT2D eigenvalue weighted by atomic mass is 9.95. The van der Waals surface area contributed by atoms with Gasteiger partial charge in [0.15, 0.2) is 0 Å². The van der Waals surface area contributed by atoms with Crippen LogP contribution in [-0.2, 0) is 11.2 Å². The van der Waals surface area contributed by atoms with Gasteiger partial charge in [-0.05, 0) is 73.5 Å². The number of rotatable bonds is 7. The first-order valence-electron chi connectivity index (χ1n) is 11.2. The van der Waals surface area contributed by atoms with E-state index in [1.54, 1.807) is 23.5 Å². The largest absolute Gasteiger partial charge is 0.362 e. The third-order valence-corrected chi connectivity index (χ3v) is 6.62. The van der Waals surface area contributed by atoms with Gasteiger partial charge in [-0.3, -0.25) is 9.59 Å². The summed E-state index contributed by atoms with van der Waals surface area (Å²) in [6.07, 6.45) is 1.68. The van der Waals surface area contributed by atoms with Gasteiger partial charge in [0, 0.05) is 28.7 Å². The molecule has 2 N–H and O–H groups in total. The van der Waals surface area contributed by atoms with Gasteiger partial charge in [0.25, 0.3) is 5.91 Å². The molecule has 2 aromatic carbocycles. The summed E-state index contributed by atoms with van der Waals surface area (Å²) in [6.45, 7) is 4.81. The van der Waals surface area contributed by atoms with Crippen molar-refractivity contribution in [2.75, 3.05) is 18.0 Å². The van der Waals surface area contributed by atoms with Crippen molar-refractivity contribution in [2.24, 2.45) is 0 Å². The minimum atomic E-state index is -0.342. The van der Waals surface area contributed by atoms with Crippen LogP contribution in [0, 0.1) is 5.82 Å². The van der Waals surface area contributed by atoms with Crippen LogP contribution in [0.1, 0.15) is 52.7 Å². The molecule has 0 saturated carbocycles. The molecule has 0 spiro atoms. The molecule has 5 nitrogen and oxygen atoms in total. The molecule has 0 bridgehead atoms. The van der Waals surface area contributed by atoms with Gasteiger partial charge in [0.1, 0.15) is 5.82 Å². The minimum Gasteiger partial charge on any atom is -0.362 e. The zero-order valence-corrected chi connectivity index (χ0v) is 19.6. The molecule has 1 unspecified atom stereocenters. The summed E-state index contributed by atoms with van der Waals surface area (Å²) in [7, 11) is 0. The Morgan fingerprint density at radius 1 is 1.06 bits per heavy atom. The molecule has 3 aromatic rings. The van der Waals surface area contributed by atoms with E-state index in [-0.39, 0.29) is 36.3 Å². The summed E-state index contributed by atoms with van der Waals surface area (Å²) in [5.41, 5.74) is 3.43. The van der Waals surface area contributed by atoms with Crippen LogP contribution in [-0.4, -0.2) is 30.9 Å². The molecule has 1 atom stereocenters. The van der Waals surface area contributed by atoms with Gasteiger partial charge in [-0.15, -0.1) is 11.3 Å². The Hall–Kier alpha value is -3.19. The summed E-state index contributed by atoms with van der Waals surface area (Å²) in [5.74, 6) is -0.512. The third kappa shape index (κ3) is 5.42. The van der Waals surface area contributed by atoms with Gasteiger partial charge in [-0.25, -0.2) is 4.39 Å². The summed E-state index contributed by atoms with van der Waals surface area (Å²) in [5, 5.41) is 8.05. The number of nitrogens with one attached hydrogen (secondary N) is 2. The second-order valence-corrected chi connectivity index (χ2v) is 9.50.